The molecule has 1 aliphatic rings. The largest absolute Gasteiger partial charge is 0.493 e. The van der Waals surface area contributed by atoms with Gasteiger partial charge in [0.15, 0.2) is 5.78 Å². The Balaban J connectivity index is 1.52. The number of unbranched alkanes of at least 4 members (excludes halogenated alkanes) is 5. The molecule has 0 atom stereocenters. The first-order valence-corrected chi connectivity index (χ1v) is 9.25. The van der Waals surface area contributed by atoms with E-state index in [-0.39, 0.29) is 5.78 Å². The highest BCUT2D eigenvalue weighted by Crippen LogP contribution is 2.29. The third kappa shape index (κ3) is 6.80. The fourth-order valence-corrected chi connectivity index (χ4v) is 2.95. The Morgan fingerprint density at radius 3 is 2.76 bits per heavy atom. The highest BCUT2D eigenvalue weighted by molar-refractivity contribution is 5.99. The molecule has 0 amide bonds. The maximum Gasteiger partial charge on any atom is 0.169 e. The molecule has 0 unspecified atom stereocenters. The SMILES string of the molecule is C#CCN(C)CCCCCCCCOc1ccc2c(c1)OCCC2=O. The minimum Gasteiger partial charge on any atom is -0.493 e. The van der Waals surface area contributed by atoms with Crippen molar-refractivity contribution in [2.75, 3.05) is 33.4 Å². The smallest absolute Gasteiger partial charge is 0.169 e. The molecule has 0 saturated heterocycles. The molecule has 0 saturated carbocycles. The van der Waals surface area contributed by atoms with E-state index in [0.717, 1.165) is 25.3 Å². The van der Waals surface area contributed by atoms with Crippen LogP contribution in [0, 0.1) is 12.3 Å². The fraction of sp³-hybridized carbons (Fsp3) is 0.571. The van der Waals surface area contributed by atoms with Crippen molar-refractivity contribution in [2.45, 2.75) is 44.9 Å². The number of carbonyl (C=O) groups is 1. The van der Waals surface area contributed by atoms with Crippen LogP contribution < -0.4 is 9.47 Å². The molecule has 2 rings (SSSR count). The van der Waals surface area contributed by atoms with Crippen LogP contribution in [-0.4, -0.2) is 44.0 Å². The quantitative estimate of drug-likeness (QED) is 0.451. The van der Waals surface area contributed by atoms with E-state index in [1.54, 1.807) is 0 Å². The third-order valence-electron chi connectivity index (χ3n) is 4.40. The number of terminal acetylenes is 1. The number of rotatable bonds is 11. The third-order valence-corrected chi connectivity index (χ3v) is 4.40. The lowest BCUT2D eigenvalue weighted by atomic mass is 10.1. The fourth-order valence-electron chi connectivity index (χ4n) is 2.95. The Bertz CT molecular complexity index is 591. The van der Waals surface area contributed by atoms with Gasteiger partial charge in [0.25, 0.3) is 0 Å². The second-order valence-electron chi connectivity index (χ2n) is 6.59. The van der Waals surface area contributed by atoms with Crippen LogP contribution in [0.2, 0.25) is 0 Å². The standard InChI is InChI=1S/C21H29NO3/c1-3-13-22(2)14-8-6-4-5-7-9-15-24-18-10-11-19-20(23)12-16-25-21(19)17-18/h1,10-11,17H,4-9,12-16H2,2H3. The molecule has 0 aromatic heterocycles. The maximum absolute atomic E-state index is 11.7. The number of hydrogen-bond acceptors (Lipinski definition) is 4. The zero-order valence-corrected chi connectivity index (χ0v) is 15.3. The van der Waals surface area contributed by atoms with Crippen molar-refractivity contribution in [2.24, 2.45) is 0 Å². The Morgan fingerprint density at radius 1 is 1.20 bits per heavy atom. The van der Waals surface area contributed by atoms with Gasteiger partial charge >= 0.3 is 0 Å². The summed E-state index contributed by atoms with van der Waals surface area (Å²) in [6, 6.07) is 5.50. The van der Waals surface area contributed by atoms with Crippen LogP contribution >= 0.6 is 0 Å². The zero-order valence-electron chi connectivity index (χ0n) is 15.3. The summed E-state index contributed by atoms with van der Waals surface area (Å²) in [5, 5.41) is 0. The molecule has 1 heterocycles. The van der Waals surface area contributed by atoms with Gasteiger partial charge in [-0.1, -0.05) is 31.6 Å². The number of Topliss-reactive ketones (excluding diaryl/α,β-unsaturated/α-hetero) is 1. The molecule has 4 nitrogen and oxygen atoms in total. The van der Waals surface area contributed by atoms with Crippen molar-refractivity contribution < 1.29 is 14.3 Å². The molecule has 136 valence electrons. The van der Waals surface area contributed by atoms with Gasteiger partial charge in [0.1, 0.15) is 11.5 Å². The van der Waals surface area contributed by atoms with E-state index < -0.39 is 0 Å². The van der Waals surface area contributed by atoms with E-state index in [9.17, 15) is 4.79 Å². The molecular formula is C21H29NO3. The van der Waals surface area contributed by atoms with Crippen LogP contribution in [0.5, 0.6) is 11.5 Å². The molecule has 1 aromatic rings. The van der Waals surface area contributed by atoms with Gasteiger partial charge in [0, 0.05) is 12.5 Å². The average molecular weight is 343 g/mol. The first-order valence-electron chi connectivity index (χ1n) is 9.25. The van der Waals surface area contributed by atoms with Crippen LogP contribution in [0.15, 0.2) is 18.2 Å². The van der Waals surface area contributed by atoms with Gasteiger partial charge in [-0.15, -0.1) is 6.42 Å². The Morgan fingerprint density at radius 2 is 1.96 bits per heavy atom. The summed E-state index contributed by atoms with van der Waals surface area (Å²) >= 11 is 0. The highest BCUT2D eigenvalue weighted by Gasteiger charge is 2.18. The minimum absolute atomic E-state index is 0.151. The molecular weight excluding hydrogens is 314 g/mol. The van der Waals surface area contributed by atoms with E-state index in [2.05, 4.69) is 17.9 Å². The van der Waals surface area contributed by atoms with Crippen LogP contribution in [0.1, 0.15) is 55.3 Å². The zero-order chi connectivity index (χ0) is 17.9. The molecule has 0 spiro atoms. The van der Waals surface area contributed by atoms with Crippen molar-refractivity contribution in [1.82, 2.24) is 4.90 Å². The monoisotopic (exact) mass is 343 g/mol. The first kappa shape index (κ1) is 19.3. The lowest BCUT2D eigenvalue weighted by molar-refractivity contribution is 0.0933. The number of benzene rings is 1. The number of ketones is 1. The van der Waals surface area contributed by atoms with Gasteiger partial charge in [-0.25, -0.2) is 0 Å². The molecule has 0 N–H and O–H groups in total. The Hall–Kier alpha value is -1.99. The van der Waals surface area contributed by atoms with Gasteiger partial charge in [0.05, 0.1) is 25.3 Å². The molecule has 0 fully saturated rings. The van der Waals surface area contributed by atoms with Gasteiger partial charge in [0.2, 0.25) is 0 Å². The predicted molar refractivity (Wildman–Crippen MR) is 100 cm³/mol. The Labute approximate surface area is 151 Å². The number of fused-ring (bicyclic) bond motifs is 1. The lowest BCUT2D eigenvalue weighted by Crippen LogP contribution is -2.19. The van der Waals surface area contributed by atoms with Crippen LogP contribution in [-0.2, 0) is 0 Å². The van der Waals surface area contributed by atoms with Crippen LogP contribution in [0.25, 0.3) is 0 Å². The number of carbonyl (C=O) groups excluding carboxylic acids is 1. The molecule has 0 aliphatic carbocycles. The maximum atomic E-state index is 11.7. The molecule has 1 aromatic carbocycles. The van der Waals surface area contributed by atoms with E-state index in [1.807, 2.05) is 18.2 Å². The second kappa shape index (κ2) is 10.8. The normalized spacial score (nSPS) is 13.2. The van der Waals surface area contributed by atoms with Crippen molar-refractivity contribution in [1.29, 1.82) is 0 Å². The second-order valence-corrected chi connectivity index (χ2v) is 6.59. The van der Waals surface area contributed by atoms with E-state index in [1.165, 1.54) is 32.1 Å². The van der Waals surface area contributed by atoms with Gasteiger partial charge in [-0.3, -0.25) is 9.69 Å². The molecule has 4 heteroatoms. The van der Waals surface area contributed by atoms with E-state index in [4.69, 9.17) is 15.9 Å². The van der Waals surface area contributed by atoms with E-state index in [0.29, 0.717) is 30.9 Å². The van der Waals surface area contributed by atoms with Crippen LogP contribution in [0.4, 0.5) is 0 Å². The van der Waals surface area contributed by atoms with Crippen molar-refractivity contribution in [3.8, 4) is 23.8 Å². The Kier molecular flexibility index (Phi) is 8.34. The highest BCUT2D eigenvalue weighted by atomic mass is 16.5. The summed E-state index contributed by atoms with van der Waals surface area (Å²) in [5.41, 5.74) is 0.673. The summed E-state index contributed by atoms with van der Waals surface area (Å²) in [5.74, 6) is 4.25. The molecule has 0 bridgehead atoms. The predicted octanol–water partition coefficient (Wildman–Crippen LogP) is 3.94. The summed E-state index contributed by atoms with van der Waals surface area (Å²) in [6.45, 7) is 2.99. The number of nitrogens with zero attached hydrogens (tertiary/aromatic N) is 1. The molecule has 25 heavy (non-hydrogen) atoms. The molecule has 0 radical (unpaired) electrons. The minimum atomic E-state index is 0.151. The number of hydrogen-bond donors (Lipinski definition) is 0. The van der Waals surface area contributed by atoms with Crippen molar-refractivity contribution in [3.05, 3.63) is 23.8 Å². The van der Waals surface area contributed by atoms with Gasteiger partial charge in [-0.05, 0) is 38.6 Å². The van der Waals surface area contributed by atoms with Crippen LogP contribution in [0.3, 0.4) is 0 Å². The van der Waals surface area contributed by atoms with Crippen molar-refractivity contribution in [3.63, 3.8) is 0 Å². The average Bonchev–Trinajstić information content (AvgIpc) is 2.60. The molecule has 1 aliphatic heterocycles. The summed E-state index contributed by atoms with van der Waals surface area (Å²) in [6.07, 6.45) is 12.9. The summed E-state index contributed by atoms with van der Waals surface area (Å²) in [4.78, 5) is 13.9. The first-order chi connectivity index (χ1) is 12.2. The van der Waals surface area contributed by atoms with Crippen molar-refractivity contribution >= 4 is 5.78 Å². The van der Waals surface area contributed by atoms with Gasteiger partial charge in [-0.2, -0.15) is 0 Å². The van der Waals surface area contributed by atoms with E-state index >= 15 is 0 Å². The summed E-state index contributed by atoms with van der Waals surface area (Å²) < 4.78 is 11.3. The number of ether oxygens (including phenoxy) is 2. The lowest BCUT2D eigenvalue weighted by Gasteiger charge is -2.17. The topological polar surface area (TPSA) is 38.8 Å². The van der Waals surface area contributed by atoms with Gasteiger partial charge < -0.3 is 9.47 Å². The summed E-state index contributed by atoms with van der Waals surface area (Å²) in [7, 11) is 2.07.